The fourth-order valence-electron chi connectivity index (χ4n) is 1.10. The van der Waals surface area contributed by atoms with Crippen molar-refractivity contribution in [3.63, 3.8) is 0 Å². The molecule has 0 saturated heterocycles. The van der Waals surface area contributed by atoms with Crippen molar-refractivity contribution < 1.29 is 4.79 Å². The molecule has 0 radical (unpaired) electrons. The normalized spacial score (nSPS) is 9.13. The van der Waals surface area contributed by atoms with Gasteiger partial charge in [0.25, 0.3) is 5.91 Å². The van der Waals surface area contributed by atoms with Gasteiger partial charge in [0, 0.05) is 11.3 Å². The van der Waals surface area contributed by atoms with Crippen LogP contribution in [0.1, 0.15) is 18.1 Å². The van der Waals surface area contributed by atoms with Crippen LogP contribution < -0.4 is 5.32 Å². The first kappa shape index (κ1) is 11.0. The van der Waals surface area contributed by atoms with Gasteiger partial charge in [-0.25, -0.2) is 0 Å². The van der Waals surface area contributed by atoms with Gasteiger partial charge in [-0.1, -0.05) is 6.58 Å². The molecule has 1 aromatic rings. The van der Waals surface area contributed by atoms with Crippen LogP contribution in [-0.4, -0.2) is 5.91 Å². The minimum atomic E-state index is -0.209. The van der Waals surface area contributed by atoms with Gasteiger partial charge in [0.15, 0.2) is 0 Å². The maximum absolute atomic E-state index is 11.3. The molecule has 1 aromatic carbocycles. The molecular formula is C12H12N2O. The summed E-state index contributed by atoms with van der Waals surface area (Å²) in [5.41, 5.74) is 2.59. The van der Waals surface area contributed by atoms with Crippen LogP contribution in [0.5, 0.6) is 0 Å². The number of carbonyl (C=O) groups excluding carboxylic acids is 1. The Kier molecular flexibility index (Phi) is 3.25. The average molecular weight is 200 g/mol. The van der Waals surface area contributed by atoms with Crippen molar-refractivity contribution in [2.24, 2.45) is 0 Å². The van der Waals surface area contributed by atoms with Gasteiger partial charge in [-0.05, 0) is 37.6 Å². The predicted molar refractivity (Wildman–Crippen MR) is 59.3 cm³/mol. The van der Waals surface area contributed by atoms with E-state index in [-0.39, 0.29) is 5.91 Å². The number of nitriles is 1. The van der Waals surface area contributed by atoms with E-state index in [1.54, 1.807) is 25.1 Å². The number of anilines is 1. The topological polar surface area (TPSA) is 52.9 Å². The molecule has 15 heavy (non-hydrogen) atoms. The first-order chi connectivity index (χ1) is 7.04. The summed E-state index contributed by atoms with van der Waals surface area (Å²) in [5, 5.41) is 11.4. The Hall–Kier alpha value is -2.08. The molecule has 1 rings (SSSR count). The van der Waals surface area contributed by atoms with Crippen molar-refractivity contribution in [3.05, 3.63) is 41.5 Å². The van der Waals surface area contributed by atoms with Crippen molar-refractivity contribution in [2.75, 3.05) is 5.32 Å². The summed E-state index contributed by atoms with van der Waals surface area (Å²) in [4.78, 5) is 11.3. The maximum Gasteiger partial charge on any atom is 0.250 e. The Morgan fingerprint density at radius 2 is 2.20 bits per heavy atom. The third-order valence-electron chi connectivity index (χ3n) is 1.99. The van der Waals surface area contributed by atoms with Crippen LogP contribution >= 0.6 is 0 Å². The van der Waals surface area contributed by atoms with E-state index in [2.05, 4.69) is 18.0 Å². The quantitative estimate of drug-likeness (QED) is 0.745. The molecule has 0 aliphatic rings. The van der Waals surface area contributed by atoms with Crippen molar-refractivity contribution in [3.8, 4) is 6.07 Å². The number of benzene rings is 1. The summed E-state index contributed by atoms with van der Waals surface area (Å²) in [6.45, 7) is 7.02. The highest BCUT2D eigenvalue weighted by atomic mass is 16.1. The lowest BCUT2D eigenvalue weighted by Crippen LogP contribution is -2.11. The van der Waals surface area contributed by atoms with Gasteiger partial charge in [-0.2, -0.15) is 5.26 Å². The summed E-state index contributed by atoms with van der Waals surface area (Å²) >= 11 is 0. The van der Waals surface area contributed by atoms with Gasteiger partial charge in [0.05, 0.1) is 11.6 Å². The van der Waals surface area contributed by atoms with E-state index in [1.165, 1.54) is 0 Å². The number of rotatable bonds is 2. The van der Waals surface area contributed by atoms with E-state index >= 15 is 0 Å². The first-order valence-electron chi connectivity index (χ1n) is 4.52. The standard InChI is InChI=1S/C12H12N2O/c1-8(2)12(15)14-11-5-4-10(7-13)9(3)6-11/h4-6H,1H2,2-3H3,(H,14,15). The van der Waals surface area contributed by atoms with Crippen molar-refractivity contribution in [2.45, 2.75) is 13.8 Å². The molecule has 0 aliphatic heterocycles. The summed E-state index contributed by atoms with van der Waals surface area (Å²) in [6.07, 6.45) is 0. The Balaban J connectivity index is 2.90. The highest BCUT2D eigenvalue weighted by molar-refractivity contribution is 6.02. The third-order valence-corrected chi connectivity index (χ3v) is 1.99. The predicted octanol–water partition coefficient (Wildman–Crippen LogP) is 2.38. The van der Waals surface area contributed by atoms with Gasteiger partial charge in [-0.15, -0.1) is 0 Å². The molecule has 0 aliphatic carbocycles. The summed E-state index contributed by atoms with van der Waals surface area (Å²) < 4.78 is 0. The zero-order valence-corrected chi connectivity index (χ0v) is 8.79. The van der Waals surface area contributed by atoms with E-state index in [9.17, 15) is 4.79 Å². The Labute approximate surface area is 89.0 Å². The van der Waals surface area contributed by atoms with Crippen molar-refractivity contribution in [1.29, 1.82) is 5.26 Å². The molecular weight excluding hydrogens is 188 g/mol. The molecule has 1 amide bonds. The van der Waals surface area contributed by atoms with Crippen LogP contribution in [0.15, 0.2) is 30.4 Å². The maximum atomic E-state index is 11.3. The van der Waals surface area contributed by atoms with Crippen LogP contribution in [0.2, 0.25) is 0 Å². The minimum Gasteiger partial charge on any atom is -0.322 e. The smallest absolute Gasteiger partial charge is 0.250 e. The zero-order valence-electron chi connectivity index (χ0n) is 8.79. The van der Waals surface area contributed by atoms with Gasteiger partial charge in [0.1, 0.15) is 0 Å². The number of nitrogens with zero attached hydrogens (tertiary/aromatic N) is 1. The number of hydrogen-bond acceptors (Lipinski definition) is 2. The van der Waals surface area contributed by atoms with Crippen LogP contribution in [0, 0.1) is 18.3 Å². The fraction of sp³-hybridized carbons (Fsp3) is 0.167. The van der Waals surface area contributed by atoms with E-state index in [0.717, 1.165) is 5.56 Å². The fourth-order valence-corrected chi connectivity index (χ4v) is 1.10. The third kappa shape index (κ3) is 2.68. The number of hydrogen-bond donors (Lipinski definition) is 1. The molecule has 3 heteroatoms. The van der Waals surface area contributed by atoms with Crippen molar-refractivity contribution in [1.82, 2.24) is 0 Å². The molecule has 0 saturated carbocycles. The molecule has 76 valence electrons. The second kappa shape index (κ2) is 4.43. The van der Waals surface area contributed by atoms with Crippen LogP contribution in [0.25, 0.3) is 0 Å². The highest BCUT2D eigenvalue weighted by Gasteiger charge is 2.04. The van der Waals surface area contributed by atoms with Crippen LogP contribution in [-0.2, 0) is 4.79 Å². The molecule has 3 nitrogen and oxygen atoms in total. The van der Waals surface area contributed by atoms with Gasteiger partial charge < -0.3 is 5.32 Å². The van der Waals surface area contributed by atoms with E-state index in [0.29, 0.717) is 16.8 Å². The van der Waals surface area contributed by atoms with E-state index < -0.39 is 0 Å². The lowest BCUT2D eigenvalue weighted by atomic mass is 10.1. The molecule has 0 spiro atoms. The minimum absolute atomic E-state index is 0.209. The van der Waals surface area contributed by atoms with Crippen molar-refractivity contribution >= 4 is 11.6 Å². The Morgan fingerprint density at radius 3 is 2.67 bits per heavy atom. The lowest BCUT2D eigenvalue weighted by molar-refractivity contribution is -0.112. The number of carbonyl (C=O) groups is 1. The molecule has 0 fully saturated rings. The number of nitrogens with one attached hydrogen (secondary N) is 1. The van der Waals surface area contributed by atoms with Crippen LogP contribution in [0.3, 0.4) is 0 Å². The van der Waals surface area contributed by atoms with Gasteiger partial charge >= 0.3 is 0 Å². The summed E-state index contributed by atoms with van der Waals surface area (Å²) in [5.74, 6) is -0.209. The van der Waals surface area contributed by atoms with E-state index in [1.807, 2.05) is 6.92 Å². The molecule has 1 N–H and O–H groups in total. The zero-order chi connectivity index (χ0) is 11.4. The molecule has 0 heterocycles. The molecule has 0 unspecified atom stereocenters. The molecule has 0 atom stereocenters. The van der Waals surface area contributed by atoms with Gasteiger partial charge in [0.2, 0.25) is 0 Å². The number of aryl methyl sites for hydroxylation is 1. The molecule has 0 aromatic heterocycles. The Morgan fingerprint density at radius 1 is 1.53 bits per heavy atom. The second-order valence-corrected chi connectivity index (χ2v) is 3.38. The number of amides is 1. The summed E-state index contributed by atoms with van der Waals surface area (Å²) in [7, 11) is 0. The van der Waals surface area contributed by atoms with Gasteiger partial charge in [-0.3, -0.25) is 4.79 Å². The molecule has 0 bridgehead atoms. The Bertz CT molecular complexity index is 455. The largest absolute Gasteiger partial charge is 0.322 e. The first-order valence-corrected chi connectivity index (χ1v) is 4.52. The highest BCUT2D eigenvalue weighted by Crippen LogP contribution is 2.14. The summed E-state index contributed by atoms with van der Waals surface area (Å²) in [6, 6.07) is 7.22. The lowest BCUT2D eigenvalue weighted by Gasteiger charge is -2.06. The monoisotopic (exact) mass is 200 g/mol. The van der Waals surface area contributed by atoms with E-state index in [4.69, 9.17) is 5.26 Å². The van der Waals surface area contributed by atoms with Crippen LogP contribution in [0.4, 0.5) is 5.69 Å². The second-order valence-electron chi connectivity index (χ2n) is 3.38. The SMILES string of the molecule is C=C(C)C(=O)Nc1ccc(C#N)c(C)c1. The average Bonchev–Trinajstić information content (AvgIpc) is 2.18.